The molecule has 1 aromatic heterocycles. The molecular formula is C24H36N6O2. The minimum Gasteiger partial charge on any atom is -0.387 e. The van der Waals surface area contributed by atoms with Crippen LogP contribution in [0.4, 0.5) is 5.69 Å². The third kappa shape index (κ3) is 5.56. The van der Waals surface area contributed by atoms with E-state index in [0.717, 1.165) is 49.8 Å². The van der Waals surface area contributed by atoms with Gasteiger partial charge in [0.25, 0.3) is 0 Å². The second kappa shape index (κ2) is 9.70. The maximum Gasteiger partial charge on any atom is 0.238 e. The lowest BCUT2D eigenvalue weighted by Gasteiger charge is -2.36. The Morgan fingerprint density at radius 2 is 1.81 bits per heavy atom. The van der Waals surface area contributed by atoms with E-state index in [-0.39, 0.29) is 12.5 Å². The highest BCUT2D eigenvalue weighted by atomic mass is 16.3. The molecule has 1 aromatic carbocycles. The number of aryl methyl sites for hydroxylation is 1. The maximum absolute atomic E-state index is 12.8. The summed E-state index contributed by atoms with van der Waals surface area (Å²) < 4.78 is 1.94. The van der Waals surface area contributed by atoms with Crippen LogP contribution in [0.15, 0.2) is 30.3 Å². The van der Waals surface area contributed by atoms with Gasteiger partial charge in [-0.25, -0.2) is 0 Å². The van der Waals surface area contributed by atoms with E-state index in [4.69, 9.17) is 0 Å². The number of carbonyl (C=O) groups is 1. The highest BCUT2D eigenvalue weighted by Crippen LogP contribution is 2.24. The van der Waals surface area contributed by atoms with Gasteiger partial charge in [0, 0.05) is 45.8 Å². The number of rotatable bonds is 7. The molecule has 32 heavy (non-hydrogen) atoms. The molecule has 2 aromatic rings. The minimum atomic E-state index is -0.734. The van der Waals surface area contributed by atoms with Gasteiger partial charge in [-0.2, -0.15) is 5.10 Å². The van der Waals surface area contributed by atoms with Crippen molar-refractivity contribution < 1.29 is 9.90 Å². The molecule has 0 saturated carbocycles. The van der Waals surface area contributed by atoms with Crippen molar-refractivity contribution in [1.29, 1.82) is 0 Å². The van der Waals surface area contributed by atoms with E-state index in [1.165, 1.54) is 5.56 Å². The average Bonchev–Trinajstić information content (AvgIpc) is 3.24. The Kier molecular flexibility index (Phi) is 6.95. The van der Waals surface area contributed by atoms with Crippen molar-refractivity contribution in [2.75, 3.05) is 64.7 Å². The molecule has 3 heterocycles. The van der Waals surface area contributed by atoms with E-state index < -0.39 is 5.60 Å². The number of anilines is 1. The Morgan fingerprint density at radius 1 is 1.09 bits per heavy atom. The van der Waals surface area contributed by atoms with Gasteiger partial charge in [-0.15, -0.1) is 0 Å². The zero-order chi connectivity index (χ0) is 22.7. The van der Waals surface area contributed by atoms with E-state index >= 15 is 0 Å². The largest absolute Gasteiger partial charge is 0.387 e. The van der Waals surface area contributed by atoms with Gasteiger partial charge in [0.2, 0.25) is 5.91 Å². The summed E-state index contributed by atoms with van der Waals surface area (Å²) in [6.07, 6.45) is 0.708. The summed E-state index contributed by atoms with van der Waals surface area (Å²) in [5.74, 6) is -0.0562. The molecule has 2 fully saturated rings. The smallest absolute Gasteiger partial charge is 0.238 e. The summed E-state index contributed by atoms with van der Waals surface area (Å²) in [4.78, 5) is 19.5. The molecule has 2 N–H and O–H groups in total. The van der Waals surface area contributed by atoms with Crippen LogP contribution >= 0.6 is 0 Å². The number of nitrogens with one attached hydrogen (secondary N) is 1. The first-order valence-corrected chi connectivity index (χ1v) is 11.5. The van der Waals surface area contributed by atoms with Crippen LogP contribution in [0.5, 0.6) is 0 Å². The Hall–Kier alpha value is -2.26. The monoisotopic (exact) mass is 440 g/mol. The molecule has 2 saturated heterocycles. The van der Waals surface area contributed by atoms with Crippen LogP contribution in [0.1, 0.15) is 23.4 Å². The quantitative estimate of drug-likeness (QED) is 0.673. The van der Waals surface area contributed by atoms with Crippen molar-refractivity contribution in [3.05, 3.63) is 47.3 Å². The SMILES string of the molecule is Cc1nn(Cc2ccccc2)c(C)c1NC(=O)CN1CC[C@@](O)(CN2CCN(C)CC2)C1. The van der Waals surface area contributed by atoms with Gasteiger partial charge < -0.3 is 15.3 Å². The van der Waals surface area contributed by atoms with Crippen LogP contribution < -0.4 is 5.32 Å². The van der Waals surface area contributed by atoms with Crippen LogP contribution in [0.25, 0.3) is 0 Å². The van der Waals surface area contributed by atoms with Crippen LogP contribution in [0, 0.1) is 13.8 Å². The molecule has 0 bridgehead atoms. The maximum atomic E-state index is 12.8. The molecule has 0 radical (unpaired) electrons. The van der Waals surface area contributed by atoms with Gasteiger partial charge in [0.15, 0.2) is 0 Å². The predicted molar refractivity (Wildman–Crippen MR) is 126 cm³/mol. The number of piperazine rings is 1. The number of hydrogen-bond acceptors (Lipinski definition) is 6. The first kappa shape index (κ1) is 22.9. The van der Waals surface area contributed by atoms with Gasteiger partial charge in [-0.05, 0) is 32.9 Å². The fourth-order valence-electron chi connectivity index (χ4n) is 4.80. The number of amides is 1. The number of β-amino-alcohol motifs (C(OH)–C–C–N with tert-alkyl or cyclic N) is 1. The van der Waals surface area contributed by atoms with Crippen LogP contribution in [0.3, 0.4) is 0 Å². The highest BCUT2D eigenvalue weighted by Gasteiger charge is 2.38. The fourth-order valence-corrected chi connectivity index (χ4v) is 4.80. The number of aromatic nitrogens is 2. The van der Waals surface area contributed by atoms with Gasteiger partial charge in [-0.3, -0.25) is 19.3 Å². The third-order valence-corrected chi connectivity index (χ3v) is 6.71. The zero-order valence-corrected chi connectivity index (χ0v) is 19.5. The molecule has 2 aliphatic rings. The zero-order valence-electron chi connectivity index (χ0n) is 19.5. The molecular weight excluding hydrogens is 404 g/mol. The Morgan fingerprint density at radius 3 is 2.53 bits per heavy atom. The van der Waals surface area contributed by atoms with Crippen molar-refractivity contribution >= 4 is 11.6 Å². The molecule has 0 unspecified atom stereocenters. The molecule has 1 amide bonds. The number of likely N-dealkylation sites (N-methyl/N-ethyl adjacent to an activating group) is 1. The van der Waals surface area contributed by atoms with Gasteiger partial charge in [0.1, 0.15) is 0 Å². The summed E-state index contributed by atoms with van der Waals surface area (Å²) >= 11 is 0. The minimum absolute atomic E-state index is 0.0562. The van der Waals surface area contributed by atoms with Crippen LogP contribution in [-0.4, -0.2) is 101 Å². The van der Waals surface area contributed by atoms with Gasteiger partial charge in [-0.1, -0.05) is 30.3 Å². The van der Waals surface area contributed by atoms with Crippen molar-refractivity contribution in [2.24, 2.45) is 0 Å². The van der Waals surface area contributed by atoms with Crippen molar-refractivity contribution in [1.82, 2.24) is 24.5 Å². The molecule has 174 valence electrons. The number of carbonyl (C=O) groups excluding carboxylic acids is 1. The highest BCUT2D eigenvalue weighted by molar-refractivity contribution is 5.93. The summed E-state index contributed by atoms with van der Waals surface area (Å²) in [6.45, 7) is 10.9. The van der Waals surface area contributed by atoms with Crippen LogP contribution in [0.2, 0.25) is 0 Å². The third-order valence-electron chi connectivity index (χ3n) is 6.71. The molecule has 8 nitrogen and oxygen atoms in total. The van der Waals surface area contributed by atoms with E-state index in [2.05, 4.69) is 44.3 Å². The van der Waals surface area contributed by atoms with Crippen LogP contribution in [-0.2, 0) is 11.3 Å². The summed E-state index contributed by atoms with van der Waals surface area (Å²) in [5, 5.41) is 18.8. The number of likely N-dealkylation sites (tertiary alicyclic amines) is 1. The lowest BCUT2D eigenvalue weighted by atomic mass is 10.0. The first-order chi connectivity index (χ1) is 15.3. The Balaban J connectivity index is 1.30. The van der Waals surface area contributed by atoms with Crippen molar-refractivity contribution in [2.45, 2.75) is 32.4 Å². The molecule has 0 spiro atoms. The standard InChI is InChI=1S/C24H36N6O2/c1-19-23(20(2)30(26-19)15-21-7-5-4-6-8-21)25-22(31)16-29-10-9-24(32,18-29)17-28-13-11-27(3)12-14-28/h4-8,32H,9-18H2,1-3H3,(H,25,31)/t24-/m1/s1. The average molecular weight is 441 g/mol. The van der Waals surface area contributed by atoms with E-state index in [9.17, 15) is 9.90 Å². The summed E-state index contributed by atoms with van der Waals surface area (Å²) in [7, 11) is 2.14. The first-order valence-electron chi connectivity index (χ1n) is 11.5. The molecule has 8 heteroatoms. The molecule has 1 atom stereocenters. The Bertz CT molecular complexity index is 922. The normalized spacial score (nSPS) is 23.0. The fraction of sp³-hybridized carbons (Fsp3) is 0.583. The second-order valence-corrected chi connectivity index (χ2v) is 9.50. The topological polar surface area (TPSA) is 76.9 Å². The van der Waals surface area contributed by atoms with Crippen molar-refractivity contribution in [3.8, 4) is 0 Å². The Labute approximate surface area is 190 Å². The molecule has 2 aliphatic heterocycles. The van der Waals surface area contributed by atoms with E-state index in [1.807, 2.05) is 36.7 Å². The van der Waals surface area contributed by atoms with E-state index in [1.54, 1.807) is 0 Å². The van der Waals surface area contributed by atoms with Gasteiger partial charge in [0.05, 0.1) is 35.8 Å². The molecule has 0 aliphatic carbocycles. The lowest BCUT2D eigenvalue weighted by Crippen LogP contribution is -2.52. The second-order valence-electron chi connectivity index (χ2n) is 9.50. The number of nitrogens with zero attached hydrogens (tertiary/aromatic N) is 5. The summed E-state index contributed by atoms with van der Waals surface area (Å²) in [6, 6.07) is 10.2. The predicted octanol–water partition coefficient (Wildman–Crippen LogP) is 1.17. The van der Waals surface area contributed by atoms with Gasteiger partial charge >= 0.3 is 0 Å². The lowest BCUT2D eigenvalue weighted by molar-refractivity contribution is -0.117. The summed E-state index contributed by atoms with van der Waals surface area (Å²) in [5.41, 5.74) is 3.00. The van der Waals surface area contributed by atoms with Crippen molar-refractivity contribution in [3.63, 3.8) is 0 Å². The molecule has 4 rings (SSSR count). The number of aliphatic hydroxyl groups is 1. The van der Waals surface area contributed by atoms with E-state index in [0.29, 0.717) is 26.1 Å². The number of benzene rings is 1. The number of hydrogen-bond donors (Lipinski definition) is 2.